The molecule has 0 atom stereocenters. The Bertz CT molecular complexity index is 445. The number of rotatable bonds is 3. The highest BCUT2D eigenvalue weighted by molar-refractivity contribution is 5.52. The second-order valence-corrected chi connectivity index (χ2v) is 4.57. The normalized spacial score (nSPS) is 23.7. The van der Waals surface area contributed by atoms with Crippen molar-refractivity contribution < 1.29 is 14.4 Å². The number of nitrogens with zero attached hydrogens (tertiary/aromatic N) is 1. The summed E-state index contributed by atoms with van der Waals surface area (Å²) >= 11 is 0. The fourth-order valence-electron chi connectivity index (χ4n) is 2.18. The van der Waals surface area contributed by atoms with E-state index in [2.05, 4.69) is 5.32 Å². The summed E-state index contributed by atoms with van der Waals surface area (Å²) in [5.74, 6) is -0.494. The van der Waals surface area contributed by atoms with Gasteiger partial charge in [0.25, 0.3) is 5.69 Å². The first kappa shape index (κ1) is 12.8. The van der Waals surface area contributed by atoms with E-state index in [1.807, 2.05) is 0 Å². The number of aliphatic hydroxyl groups is 1. The molecule has 2 rings (SSSR count). The summed E-state index contributed by atoms with van der Waals surface area (Å²) in [6, 6.07) is 3.51. The topological polar surface area (TPSA) is 75.4 Å². The third-order valence-electron chi connectivity index (χ3n) is 3.22. The minimum absolute atomic E-state index is 0.0601. The molecule has 0 aromatic heterocycles. The maximum atomic E-state index is 13.5. The van der Waals surface area contributed by atoms with Gasteiger partial charge in [-0.1, -0.05) is 0 Å². The van der Waals surface area contributed by atoms with Gasteiger partial charge >= 0.3 is 0 Å². The van der Waals surface area contributed by atoms with Crippen molar-refractivity contribution in [2.45, 2.75) is 37.8 Å². The maximum Gasteiger partial charge on any atom is 0.271 e. The van der Waals surface area contributed by atoms with Crippen LogP contribution in [0.2, 0.25) is 0 Å². The van der Waals surface area contributed by atoms with Crippen LogP contribution in [0.1, 0.15) is 25.7 Å². The summed E-state index contributed by atoms with van der Waals surface area (Å²) in [5, 5.41) is 23.0. The zero-order chi connectivity index (χ0) is 13.1. The number of halogens is 1. The molecule has 0 radical (unpaired) electrons. The highest BCUT2D eigenvalue weighted by Gasteiger charge is 2.20. The van der Waals surface area contributed by atoms with E-state index < -0.39 is 10.7 Å². The first-order valence-corrected chi connectivity index (χ1v) is 5.95. The number of nitro groups is 1. The zero-order valence-corrected chi connectivity index (χ0v) is 9.80. The highest BCUT2D eigenvalue weighted by Crippen LogP contribution is 2.26. The predicted octanol–water partition coefficient (Wildman–Crippen LogP) is 2.45. The number of anilines is 1. The Hall–Kier alpha value is -1.69. The van der Waals surface area contributed by atoms with Crippen LogP contribution >= 0.6 is 0 Å². The van der Waals surface area contributed by atoms with Crippen molar-refractivity contribution >= 4 is 11.4 Å². The smallest absolute Gasteiger partial charge is 0.271 e. The van der Waals surface area contributed by atoms with E-state index in [4.69, 9.17) is 0 Å². The molecule has 1 fully saturated rings. The Labute approximate surface area is 104 Å². The summed E-state index contributed by atoms with van der Waals surface area (Å²) in [6.45, 7) is 0. The van der Waals surface area contributed by atoms with Gasteiger partial charge in [-0.2, -0.15) is 0 Å². The van der Waals surface area contributed by atoms with Gasteiger partial charge in [-0.25, -0.2) is 4.39 Å². The average Bonchev–Trinajstić information content (AvgIpc) is 2.34. The lowest BCUT2D eigenvalue weighted by atomic mass is 9.93. The third kappa shape index (κ3) is 2.95. The van der Waals surface area contributed by atoms with Gasteiger partial charge in [0.05, 0.1) is 16.7 Å². The van der Waals surface area contributed by atoms with Gasteiger partial charge in [0.1, 0.15) is 5.82 Å². The van der Waals surface area contributed by atoms with E-state index in [0.29, 0.717) is 12.8 Å². The highest BCUT2D eigenvalue weighted by atomic mass is 19.1. The molecule has 1 aliphatic rings. The van der Waals surface area contributed by atoms with Gasteiger partial charge in [0, 0.05) is 18.2 Å². The summed E-state index contributed by atoms with van der Waals surface area (Å²) < 4.78 is 13.5. The van der Waals surface area contributed by atoms with E-state index in [9.17, 15) is 19.6 Å². The fraction of sp³-hybridized carbons (Fsp3) is 0.500. The van der Waals surface area contributed by atoms with Gasteiger partial charge < -0.3 is 10.4 Å². The number of nitro benzene ring substituents is 1. The van der Waals surface area contributed by atoms with E-state index in [-0.39, 0.29) is 23.5 Å². The van der Waals surface area contributed by atoms with Crippen molar-refractivity contribution in [3.63, 3.8) is 0 Å². The molecule has 0 spiro atoms. The standard InChI is InChI=1S/C12H15FN2O3/c13-11-6-3-9(15(17)18)7-12(11)14-8-1-4-10(16)5-2-8/h3,6-8,10,14,16H,1-2,4-5H2. The van der Waals surface area contributed by atoms with Crippen molar-refractivity contribution in [3.05, 3.63) is 34.1 Å². The summed E-state index contributed by atoms with van der Waals surface area (Å²) in [5.41, 5.74) is 0.0281. The van der Waals surface area contributed by atoms with Gasteiger partial charge in [-0.15, -0.1) is 0 Å². The van der Waals surface area contributed by atoms with Crippen LogP contribution in [0.3, 0.4) is 0 Å². The van der Waals surface area contributed by atoms with Crippen molar-refractivity contribution in [1.29, 1.82) is 0 Å². The Balaban J connectivity index is 2.08. The molecule has 0 aliphatic heterocycles. The van der Waals surface area contributed by atoms with Crippen molar-refractivity contribution in [2.24, 2.45) is 0 Å². The minimum atomic E-state index is -0.546. The molecule has 2 N–H and O–H groups in total. The van der Waals surface area contributed by atoms with Crippen LogP contribution in [0.25, 0.3) is 0 Å². The van der Waals surface area contributed by atoms with Crippen LogP contribution in [0, 0.1) is 15.9 Å². The van der Waals surface area contributed by atoms with Crippen molar-refractivity contribution in [3.8, 4) is 0 Å². The van der Waals surface area contributed by atoms with Gasteiger partial charge in [0.2, 0.25) is 0 Å². The van der Waals surface area contributed by atoms with Crippen LogP contribution in [-0.2, 0) is 0 Å². The van der Waals surface area contributed by atoms with Crippen molar-refractivity contribution in [1.82, 2.24) is 0 Å². The fourth-order valence-corrected chi connectivity index (χ4v) is 2.18. The molecule has 0 bridgehead atoms. The van der Waals surface area contributed by atoms with E-state index in [1.165, 1.54) is 6.07 Å². The molecule has 0 heterocycles. The second-order valence-electron chi connectivity index (χ2n) is 4.57. The van der Waals surface area contributed by atoms with Crippen LogP contribution in [-0.4, -0.2) is 22.2 Å². The summed E-state index contributed by atoms with van der Waals surface area (Å²) in [6.07, 6.45) is 2.55. The number of hydrogen-bond acceptors (Lipinski definition) is 4. The molecule has 1 saturated carbocycles. The van der Waals surface area contributed by atoms with Gasteiger partial charge in [-0.3, -0.25) is 10.1 Å². The SMILES string of the molecule is O=[N+]([O-])c1ccc(F)c(NC2CCC(O)CC2)c1. The molecule has 1 aromatic carbocycles. The summed E-state index contributed by atoms with van der Waals surface area (Å²) in [7, 11) is 0. The van der Waals surface area contributed by atoms with E-state index >= 15 is 0 Å². The molecule has 0 unspecified atom stereocenters. The Kier molecular flexibility index (Phi) is 3.76. The van der Waals surface area contributed by atoms with Gasteiger partial charge in [0.15, 0.2) is 0 Å². The van der Waals surface area contributed by atoms with E-state index in [0.717, 1.165) is 25.0 Å². The number of aliphatic hydroxyl groups excluding tert-OH is 1. The molecule has 0 amide bonds. The maximum absolute atomic E-state index is 13.5. The molecule has 1 aromatic rings. The van der Waals surface area contributed by atoms with Crippen LogP contribution in [0.5, 0.6) is 0 Å². The van der Waals surface area contributed by atoms with Gasteiger partial charge in [-0.05, 0) is 31.7 Å². The lowest BCUT2D eigenvalue weighted by molar-refractivity contribution is -0.384. The molecule has 98 valence electrons. The number of hydrogen-bond donors (Lipinski definition) is 2. The Morgan fingerprint density at radius 2 is 2.00 bits per heavy atom. The molecule has 0 saturated heterocycles. The predicted molar refractivity (Wildman–Crippen MR) is 64.9 cm³/mol. The van der Waals surface area contributed by atoms with Crippen LogP contribution in [0.4, 0.5) is 15.8 Å². The zero-order valence-electron chi connectivity index (χ0n) is 9.80. The molecule has 18 heavy (non-hydrogen) atoms. The monoisotopic (exact) mass is 254 g/mol. The molecular weight excluding hydrogens is 239 g/mol. The molecule has 5 nitrogen and oxygen atoms in total. The number of non-ortho nitro benzene ring substituents is 1. The number of nitrogens with one attached hydrogen (secondary N) is 1. The second kappa shape index (κ2) is 5.30. The average molecular weight is 254 g/mol. The minimum Gasteiger partial charge on any atom is -0.393 e. The lowest BCUT2D eigenvalue weighted by Crippen LogP contribution is -2.28. The third-order valence-corrected chi connectivity index (χ3v) is 3.22. The number of benzene rings is 1. The van der Waals surface area contributed by atoms with Crippen LogP contribution < -0.4 is 5.32 Å². The Morgan fingerprint density at radius 3 is 2.61 bits per heavy atom. The largest absolute Gasteiger partial charge is 0.393 e. The first-order chi connectivity index (χ1) is 8.56. The molecule has 1 aliphatic carbocycles. The molecule has 6 heteroatoms. The first-order valence-electron chi connectivity index (χ1n) is 5.95. The quantitative estimate of drug-likeness (QED) is 0.641. The van der Waals surface area contributed by atoms with Crippen LogP contribution in [0.15, 0.2) is 18.2 Å². The lowest BCUT2D eigenvalue weighted by Gasteiger charge is -2.27. The van der Waals surface area contributed by atoms with E-state index in [1.54, 1.807) is 0 Å². The Morgan fingerprint density at radius 1 is 1.33 bits per heavy atom. The van der Waals surface area contributed by atoms with Crippen molar-refractivity contribution in [2.75, 3.05) is 5.32 Å². The summed E-state index contributed by atoms with van der Waals surface area (Å²) in [4.78, 5) is 10.1. The molecular formula is C12H15FN2O3.